The molecule has 1 N–H and O–H groups in total. The van der Waals surface area contributed by atoms with Crippen molar-refractivity contribution in [3.8, 4) is 0 Å². The second-order valence-corrected chi connectivity index (χ2v) is 8.95. The number of nitrogens with zero attached hydrogens (tertiary/aromatic N) is 2. The van der Waals surface area contributed by atoms with Gasteiger partial charge in [-0.15, -0.1) is 0 Å². The van der Waals surface area contributed by atoms with E-state index < -0.39 is 15.9 Å². The summed E-state index contributed by atoms with van der Waals surface area (Å²) in [6.07, 6.45) is 1.66. The van der Waals surface area contributed by atoms with Gasteiger partial charge in [-0.05, 0) is 36.4 Å². The van der Waals surface area contributed by atoms with Crippen molar-refractivity contribution in [3.63, 3.8) is 0 Å². The molecule has 1 heterocycles. The maximum atomic E-state index is 12.8. The molecule has 0 spiro atoms. The van der Waals surface area contributed by atoms with Crippen LogP contribution in [0.2, 0.25) is 0 Å². The molecule has 3 rings (SSSR count). The van der Waals surface area contributed by atoms with Crippen molar-refractivity contribution in [1.82, 2.24) is 9.29 Å². The molecule has 0 fully saturated rings. The first-order valence-electron chi connectivity index (χ1n) is 8.82. The van der Waals surface area contributed by atoms with Crippen LogP contribution >= 0.6 is 15.9 Å². The van der Waals surface area contributed by atoms with Crippen molar-refractivity contribution in [2.45, 2.75) is 18.7 Å². The summed E-state index contributed by atoms with van der Waals surface area (Å²) in [5.41, 5.74) is 1.47. The number of hydrogen-bond donors (Lipinski definition) is 1. The topological polar surface area (TPSA) is 79.4 Å². The van der Waals surface area contributed by atoms with Gasteiger partial charge in [-0.3, -0.25) is 9.78 Å². The third kappa shape index (κ3) is 4.09. The SMILES string of the molecule is CCN(CC)S(=O)(=O)c1cccc(C(=O)Nc2cc(Br)cc3cccnc23)c1. The number of nitrogens with one attached hydrogen (secondary N) is 1. The van der Waals surface area contributed by atoms with Crippen LogP contribution in [0.1, 0.15) is 24.2 Å². The fraction of sp³-hybridized carbons (Fsp3) is 0.200. The molecule has 0 saturated heterocycles. The lowest BCUT2D eigenvalue weighted by molar-refractivity contribution is 0.102. The first kappa shape index (κ1) is 20.4. The molecule has 0 atom stereocenters. The smallest absolute Gasteiger partial charge is 0.255 e. The number of aromatic nitrogens is 1. The van der Waals surface area contributed by atoms with E-state index in [1.807, 2.05) is 18.2 Å². The zero-order chi connectivity index (χ0) is 20.3. The summed E-state index contributed by atoms with van der Waals surface area (Å²) in [6.45, 7) is 4.29. The van der Waals surface area contributed by atoms with Crippen molar-refractivity contribution in [2.75, 3.05) is 18.4 Å². The number of amides is 1. The number of sulfonamides is 1. The molecule has 0 radical (unpaired) electrons. The number of hydrogen-bond acceptors (Lipinski definition) is 4. The Balaban J connectivity index is 1.95. The average Bonchev–Trinajstić information content (AvgIpc) is 2.68. The summed E-state index contributed by atoms with van der Waals surface area (Å²) < 4.78 is 27.6. The summed E-state index contributed by atoms with van der Waals surface area (Å²) in [7, 11) is -3.64. The van der Waals surface area contributed by atoms with E-state index in [9.17, 15) is 13.2 Å². The van der Waals surface area contributed by atoms with E-state index in [0.717, 1.165) is 9.86 Å². The number of fused-ring (bicyclic) bond motifs is 1. The second-order valence-electron chi connectivity index (χ2n) is 6.10. The van der Waals surface area contributed by atoms with Gasteiger partial charge in [-0.25, -0.2) is 8.42 Å². The van der Waals surface area contributed by atoms with Crippen molar-refractivity contribution in [3.05, 3.63) is 64.8 Å². The van der Waals surface area contributed by atoms with Crippen LogP contribution in [0.15, 0.2) is 64.1 Å². The average molecular weight is 462 g/mol. The molecule has 146 valence electrons. The summed E-state index contributed by atoms with van der Waals surface area (Å²) >= 11 is 3.44. The normalized spacial score (nSPS) is 11.7. The van der Waals surface area contributed by atoms with E-state index in [4.69, 9.17) is 0 Å². The van der Waals surface area contributed by atoms with Crippen LogP contribution in [0.3, 0.4) is 0 Å². The first-order valence-corrected chi connectivity index (χ1v) is 11.1. The Morgan fingerprint density at radius 1 is 1.11 bits per heavy atom. The monoisotopic (exact) mass is 461 g/mol. The van der Waals surface area contributed by atoms with Gasteiger partial charge in [0, 0.05) is 34.7 Å². The third-order valence-corrected chi connectivity index (χ3v) is 6.86. The number of rotatable bonds is 6. The minimum atomic E-state index is -3.64. The highest BCUT2D eigenvalue weighted by atomic mass is 79.9. The highest BCUT2D eigenvalue weighted by Crippen LogP contribution is 2.27. The molecule has 0 aliphatic rings. The largest absolute Gasteiger partial charge is 0.320 e. The maximum Gasteiger partial charge on any atom is 0.255 e. The van der Waals surface area contributed by atoms with Crippen molar-refractivity contribution in [2.24, 2.45) is 0 Å². The molecule has 28 heavy (non-hydrogen) atoms. The number of halogens is 1. The van der Waals surface area contributed by atoms with Crippen LogP contribution in [0.5, 0.6) is 0 Å². The Bertz CT molecular complexity index is 1130. The minimum Gasteiger partial charge on any atom is -0.320 e. The van der Waals surface area contributed by atoms with Gasteiger partial charge < -0.3 is 5.32 Å². The van der Waals surface area contributed by atoms with E-state index in [0.29, 0.717) is 24.3 Å². The number of anilines is 1. The molecule has 0 aliphatic heterocycles. The number of carbonyl (C=O) groups is 1. The molecule has 3 aromatic rings. The van der Waals surface area contributed by atoms with Gasteiger partial charge in [-0.1, -0.05) is 41.9 Å². The predicted molar refractivity (Wildman–Crippen MR) is 114 cm³/mol. The maximum absolute atomic E-state index is 12.8. The zero-order valence-electron chi connectivity index (χ0n) is 15.5. The molecule has 1 amide bonds. The highest BCUT2D eigenvalue weighted by molar-refractivity contribution is 9.10. The highest BCUT2D eigenvalue weighted by Gasteiger charge is 2.22. The lowest BCUT2D eigenvalue weighted by Crippen LogP contribution is -2.30. The molecule has 8 heteroatoms. The molecule has 2 aromatic carbocycles. The van der Waals surface area contributed by atoms with Gasteiger partial charge in [-0.2, -0.15) is 4.31 Å². The molecule has 0 saturated carbocycles. The van der Waals surface area contributed by atoms with Gasteiger partial charge in [0.2, 0.25) is 10.0 Å². The summed E-state index contributed by atoms with van der Waals surface area (Å²) in [5.74, 6) is -0.401. The van der Waals surface area contributed by atoms with Crippen molar-refractivity contribution in [1.29, 1.82) is 0 Å². The van der Waals surface area contributed by atoms with E-state index in [1.165, 1.54) is 16.4 Å². The molecule has 0 unspecified atom stereocenters. The van der Waals surface area contributed by atoms with Crippen LogP contribution < -0.4 is 5.32 Å². The van der Waals surface area contributed by atoms with E-state index in [-0.39, 0.29) is 10.5 Å². The summed E-state index contributed by atoms with van der Waals surface area (Å²) in [6, 6.07) is 13.5. The molecule has 1 aromatic heterocycles. The summed E-state index contributed by atoms with van der Waals surface area (Å²) in [5, 5.41) is 3.72. The number of benzene rings is 2. The van der Waals surface area contributed by atoms with Crippen LogP contribution in [0, 0.1) is 0 Å². The standard InChI is InChI=1S/C20H20BrN3O3S/c1-3-24(4-2)28(26,27)17-9-5-7-15(12-17)20(25)23-18-13-16(21)11-14-8-6-10-22-19(14)18/h5-13H,3-4H2,1-2H3,(H,23,25). The second kappa shape index (κ2) is 8.38. The van der Waals surface area contributed by atoms with Gasteiger partial charge in [0.25, 0.3) is 5.91 Å². The van der Waals surface area contributed by atoms with Crippen LogP contribution in [-0.4, -0.2) is 36.7 Å². The van der Waals surface area contributed by atoms with E-state index in [1.54, 1.807) is 38.2 Å². The van der Waals surface area contributed by atoms with Gasteiger partial charge in [0.05, 0.1) is 16.1 Å². The molecule has 0 bridgehead atoms. The molecular formula is C20H20BrN3O3S. The van der Waals surface area contributed by atoms with Crippen molar-refractivity contribution >= 4 is 48.5 Å². The molecular weight excluding hydrogens is 442 g/mol. The number of carbonyl (C=O) groups excluding carboxylic acids is 1. The quantitative estimate of drug-likeness (QED) is 0.593. The lowest BCUT2D eigenvalue weighted by atomic mass is 10.1. The Kier molecular flexibility index (Phi) is 6.12. The lowest BCUT2D eigenvalue weighted by Gasteiger charge is -2.18. The Labute approximate surface area is 172 Å². The van der Waals surface area contributed by atoms with Gasteiger partial charge in [0.15, 0.2) is 0 Å². The fourth-order valence-electron chi connectivity index (χ4n) is 2.96. The minimum absolute atomic E-state index is 0.0982. The van der Waals surface area contributed by atoms with Crippen molar-refractivity contribution < 1.29 is 13.2 Å². The van der Waals surface area contributed by atoms with Crippen LogP contribution in [0.25, 0.3) is 10.9 Å². The predicted octanol–water partition coefficient (Wildman–Crippen LogP) is 4.28. The number of pyridine rings is 1. The Morgan fingerprint density at radius 3 is 2.57 bits per heavy atom. The zero-order valence-corrected chi connectivity index (χ0v) is 17.9. The first-order chi connectivity index (χ1) is 13.4. The molecule has 6 nitrogen and oxygen atoms in total. The Morgan fingerprint density at radius 2 is 1.86 bits per heavy atom. The van der Waals surface area contributed by atoms with Crippen LogP contribution in [0.4, 0.5) is 5.69 Å². The fourth-order valence-corrected chi connectivity index (χ4v) is 4.94. The summed E-state index contributed by atoms with van der Waals surface area (Å²) in [4.78, 5) is 17.2. The van der Waals surface area contributed by atoms with Gasteiger partial charge in [0.1, 0.15) is 0 Å². The van der Waals surface area contributed by atoms with Crippen LogP contribution in [-0.2, 0) is 10.0 Å². The molecule has 0 aliphatic carbocycles. The Hall–Kier alpha value is -2.29. The van der Waals surface area contributed by atoms with E-state index >= 15 is 0 Å². The van der Waals surface area contributed by atoms with E-state index in [2.05, 4.69) is 26.2 Å². The third-order valence-electron chi connectivity index (χ3n) is 4.36. The van der Waals surface area contributed by atoms with Gasteiger partial charge >= 0.3 is 0 Å².